The monoisotopic (exact) mass is 743 g/mol. The second-order valence-electron chi connectivity index (χ2n) is 6.55. The van der Waals surface area contributed by atoms with Crippen molar-refractivity contribution in [2.45, 2.75) is 44.6 Å². The lowest BCUT2D eigenvalue weighted by Gasteiger charge is -2.26. The summed E-state index contributed by atoms with van der Waals surface area (Å²) in [5.41, 5.74) is 1.73. The lowest BCUT2D eigenvalue weighted by atomic mass is 10.1. The van der Waals surface area contributed by atoms with E-state index in [9.17, 15) is 4.79 Å². The molecule has 2 rings (SSSR count). The molecular formula is C18H25ClI3N5O. The van der Waals surface area contributed by atoms with Crippen molar-refractivity contribution in [3.8, 4) is 0 Å². The fourth-order valence-corrected chi connectivity index (χ4v) is 5.16. The first-order chi connectivity index (χ1) is 13.1. The third-order valence-corrected chi connectivity index (χ3v) is 6.39. The highest BCUT2D eigenvalue weighted by Gasteiger charge is 2.33. The summed E-state index contributed by atoms with van der Waals surface area (Å²) in [6.45, 7) is 7.49. The van der Waals surface area contributed by atoms with Crippen molar-refractivity contribution >= 4 is 96.3 Å². The van der Waals surface area contributed by atoms with E-state index in [2.05, 4.69) is 92.0 Å². The number of carbonyl (C=O) groups excluding carboxylic acids is 1. The first-order valence-electron chi connectivity index (χ1n) is 9.21. The van der Waals surface area contributed by atoms with E-state index in [0.717, 1.165) is 37.0 Å². The SMILES string of the molecule is CCCN(CCC)C(=O)c1cc(C(NC)C(I)(I)I)nc2c1cnn2C(C)Cl. The number of hydrogen-bond acceptors (Lipinski definition) is 4. The number of hydrogen-bond donors (Lipinski definition) is 1. The maximum absolute atomic E-state index is 13.4. The van der Waals surface area contributed by atoms with Crippen molar-refractivity contribution in [3.05, 3.63) is 23.5 Å². The molecule has 6 nitrogen and oxygen atoms in total. The Kier molecular flexibility index (Phi) is 9.49. The van der Waals surface area contributed by atoms with Gasteiger partial charge in [0.1, 0.15) is 4.94 Å². The zero-order valence-corrected chi connectivity index (χ0v) is 23.6. The van der Waals surface area contributed by atoms with E-state index in [-0.39, 0.29) is 16.9 Å². The Balaban J connectivity index is 2.71. The van der Waals surface area contributed by atoms with E-state index in [1.54, 1.807) is 10.9 Å². The molecule has 2 aromatic rings. The predicted octanol–water partition coefficient (Wildman–Crippen LogP) is 5.67. The predicted molar refractivity (Wildman–Crippen MR) is 141 cm³/mol. The van der Waals surface area contributed by atoms with E-state index in [1.807, 2.05) is 24.9 Å². The normalized spacial score (nSPS) is 14.3. The summed E-state index contributed by atoms with van der Waals surface area (Å²) in [5, 5.41) is 8.48. The van der Waals surface area contributed by atoms with E-state index < -0.39 is 0 Å². The molecule has 1 N–H and O–H groups in total. The summed E-state index contributed by atoms with van der Waals surface area (Å²) in [6, 6.07) is 1.87. The Labute approximate surface area is 212 Å². The van der Waals surface area contributed by atoms with E-state index >= 15 is 0 Å². The third-order valence-electron chi connectivity index (χ3n) is 4.34. The first kappa shape index (κ1) is 24.8. The number of carbonyl (C=O) groups is 1. The van der Waals surface area contributed by atoms with Gasteiger partial charge in [-0.25, -0.2) is 9.67 Å². The van der Waals surface area contributed by atoms with E-state index in [0.29, 0.717) is 11.2 Å². The summed E-state index contributed by atoms with van der Waals surface area (Å²) in [5.74, 6) is 0.0231. The number of alkyl halides is 4. The minimum Gasteiger partial charge on any atom is -0.339 e. The molecule has 0 radical (unpaired) electrons. The van der Waals surface area contributed by atoms with Gasteiger partial charge in [-0.3, -0.25) is 4.79 Å². The van der Waals surface area contributed by atoms with Crippen LogP contribution in [0.3, 0.4) is 0 Å². The Morgan fingerprint density at radius 3 is 2.39 bits per heavy atom. The largest absolute Gasteiger partial charge is 0.339 e. The Bertz CT molecular complexity index is 815. The smallest absolute Gasteiger partial charge is 0.254 e. The van der Waals surface area contributed by atoms with Crippen LogP contribution in [0.2, 0.25) is 0 Å². The summed E-state index contributed by atoms with van der Waals surface area (Å²) in [7, 11) is 1.91. The molecule has 0 fully saturated rings. The van der Waals surface area contributed by atoms with Crippen molar-refractivity contribution in [3.63, 3.8) is 0 Å². The lowest BCUT2D eigenvalue weighted by molar-refractivity contribution is 0.0757. The van der Waals surface area contributed by atoms with Gasteiger partial charge in [0.15, 0.2) is 5.65 Å². The average molecular weight is 744 g/mol. The van der Waals surface area contributed by atoms with Crippen LogP contribution < -0.4 is 5.32 Å². The van der Waals surface area contributed by atoms with Crippen LogP contribution in [0.15, 0.2) is 12.3 Å². The molecule has 0 bridgehead atoms. The van der Waals surface area contributed by atoms with Gasteiger partial charge in [-0.15, -0.1) is 0 Å². The average Bonchev–Trinajstić information content (AvgIpc) is 3.04. The Morgan fingerprint density at radius 1 is 1.32 bits per heavy atom. The van der Waals surface area contributed by atoms with Crippen molar-refractivity contribution in [1.29, 1.82) is 0 Å². The Morgan fingerprint density at radius 2 is 1.93 bits per heavy atom. The van der Waals surface area contributed by atoms with Gasteiger partial charge in [-0.2, -0.15) is 5.10 Å². The van der Waals surface area contributed by atoms with Gasteiger partial charge in [0, 0.05) is 13.1 Å². The number of amides is 1. The van der Waals surface area contributed by atoms with Gasteiger partial charge < -0.3 is 10.2 Å². The molecule has 0 aliphatic rings. The van der Waals surface area contributed by atoms with Crippen LogP contribution in [0.1, 0.15) is 61.2 Å². The summed E-state index contributed by atoms with van der Waals surface area (Å²) >= 11 is 13.5. The topological polar surface area (TPSA) is 63.1 Å². The zero-order valence-electron chi connectivity index (χ0n) is 16.3. The lowest BCUT2D eigenvalue weighted by Crippen LogP contribution is -2.33. The van der Waals surface area contributed by atoms with Crippen LogP contribution in [0, 0.1) is 0 Å². The van der Waals surface area contributed by atoms with Gasteiger partial charge in [0.05, 0.1) is 28.9 Å². The number of aromatic nitrogens is 3. The zero-order chi connectivity index (χ0) is 21.1. The van der Waals surface area contributed by atoms with E-state index in [4.69, 9.17) is 16.6 Å². The van der Waals surface area contributed by atoms with Gasteiger partial charge in [0.2, 0.25) is 0 Å². The number of halogens is 4. The second-order valence-corrected chi connectivity index (χ2v) is 18.5. The molecule has 2 aromatic heterocycles. The molecule has 2 atom stereocenters. The molecule has 10 heteroatoms. The molecule has 0 spiro atoms. The number of nitrogens with one attached hydrogen (secondary N) is 1. The third kappa shape index (κ3) is 5.61. The standard InChI is InChI=1S/C18H25ClI3N5O/c1-5-7-26(8-6-2)17(28)12-9-14(15(23-4)18(20,21)22)25-16-13(12)10-24-27(16)11(3)19/h9-11,15,23H,5-8H2,1-4H3. The van der Waals surface area contributed by atoms with Gasteiger partial charge >= 0.3 is 0 Å². The van der Waals surface area contributed by atoms with Gasteiger partial charge in [-0.1, -0.05) is 93.2 Å². The van der Waals surface area contributed by atoms with Crippen LogP contribution >= 0.6 is 79.4 Å². The Hall–Kier alpha value is 0.530. The molecule has 1 amide bonds. The molecule has 0 aromatic carbocycles. The molecule has 2 unspecified atom stereocenters. The maximum Gasteiger partial charge on any atom is 0.254 e. The molecule has 0 saturated carbocycles. The number of fused-ring (bicyclic) bond motifs is 1. The van der Waals surface area contributed by atoms with Crippen LogP contribution in [0.25, 0.3) is 11.0 Å². The first-order valence-corrected chi connectivity index (χ1v) is 12.9. The molecule has 0 saturated heterocycles. The number of rotatable bonds is 9. The highest BCUT2D eigenvalue weighted by atomic mass is 127. The van der Waals surface area contributed by atoms with Crippen molar-refractivity contribution in [1.82, 2.24) is 25.0 Å². The molecule has 156 valence electrons. The number of pyridine rings is 1. The van der Waals surface area contributed by atoms with Crippen molar-refractivity contribution in [2.75, 3.05) is 20.1 Å². The maximum atomic E-state index is 13.4. The second kappa shape index (κ2) is 10.7. The summed E-state index contributed by atoms with van der Waals surface area (Å²) in [6.07, 6.45) is 3.54. The molecule has 0 aliphatic heterocycles. The minimum atomic E-state index is -0.359. The molecular weight excluding hydrogens is 718 g/mol. The van der Waals surface area contributed by atoms with Crippen LogP contribution in [0.4, 0.5) is 0 Å². The summed E-state index contributed by atoms with van der Waals surface area (Å²) < 4.78 is 1.51. The quantitative estimate of drug-likeness (QED) is 0.266. The minimum absolute atomic E-state index is 0.0231. The highest BCUT2D eigenvalue weighted by molar-refractivity contribution is 14.3. The van der Waals surface area contributed by atoms with Gasteiger partial charge in [0.25, 0.3) is 5.91 Å². The number of nitrogens with zero attached hydrogens (tertiary/aromatic N) is 4. The molecule has 0 aliphatic carbocycles. The summed E-state index contributed by atoms with van der Waals surface area (Å²) in [4.78, 5) is 20.2. The van der Waals surface area contributed by atoms with Crippen LogP contribution in [0.5, 0.6) is 0 Å². The van der Waals surface area contributed by atoms with Crippen LogP contribution in [-0.2, 0) is 0 Å². The van der Waals surface area contributed by atoms with Crippen molar-refractivity contribution in [2.24, 2.45) is 0 Å². The van der Waals surface area contributed by atoms with Crippen molar-refractivity contribution < 1.29 is 4.79 Å². The fraction of sp³-hybridized carbons (Fsp3) is 0.611. The molecule has 2 heterocycles. The van der Waals surface area contributed by atoms with Crippen LogP contribution in [-0.4, -0.2) is 45.1 Å². The van der Waals surface area contributed by atoms with Gasteiger partial charge in [-0.05, 0) is 32.9 Å². The highest BCUT2D eigenvalue weighted by Crippen LogP contribution is 2.46. The fourth-order valence-electron chi connectivity index (χ4n) is 3.13. The van der Waals surface area contributed by atoms with E-state index in [1.165, 1.54) is 0 Å². The molecule has 28 heavy (non-hydrogen) atoms.